The van der Waals surface area contributed by atoms with Gasteiger partial charge in [0.25, 0.3) is 0 Å². The van der Waals surface area contributed by atoms with Gasteiger partial charge in [0, 0.05) is 22.5 Å². The normalized spacial score (nSPS) is 10.3. The summed E-state index contributed by atoms with van der Waals surface area (Å²) in [5, 5.41) is 0. The number of pyridine rings is 1. The highest BCUT2D eigenvalue weighted by Gasteiger charge is 2.04. The van der Waals surface area contributed by atoms with Gasteiger partial charge in [0.2, 0.25) is 0 Å². The molecule has 3 heteroatoms. The van der Waals surface area contributed by atoms with E-state index in [1.54, 1.807) is 13.8 Å². The number of nitrogens with zero attached hydrogens (tertiary/aromatic N) is 1. The van der Waals surface area contributed by atoms with Crippen LogP contribution in [0.4, 0.5) is 8.78 Å². The molecule has 0 amide bonds. The molecule has 0 unspecified atom stereocenters. The SMILES string of the molecule is Cc1nc(C)c(CF)cc1CF. The van der Waals surface area contributed by atoms with Crippen molar-refractivity contribution in [3.63, 3.8) is 0 Å². The van der Waals surface area contributed by atoms with E-state index < -0.39 is 13.3 Å². The third-order valence-electron chi connectivity index (χ3n) is 1.90. The fourth-order valence-electron chi connectivity index (χ4n) is 1.08. The van der Waals surface area contributed by atoms with Gasteiger partial charge in [0.05, 0.1) is 0 Å². The molecule has 0 radical (unpaired) electrons. The Bertz CT molecular complexity index is 259. The maximum atomic E-state index is 12.3. The summed E-state index contributed by atoms with van der Waals surface area (Å²) in [6, 6.07) is 1.54. The average molecular weight is 171 g/mol. The van der Waals surface area contributed by atoms with E-state index in [0.29, 0.717) is 22.5 Å². The van der Waals surface area contributed by atoms with Crippen LogP contribution in [0.3, 0.4) is 0 Å². The van der Waals surface area contributed by atoms with Crippen LogP contribution in [0.15, 0.2) is 6.07 Å². The van der Waals surface area contributed by atoms with Crippen LogP contribution in [0.1, 0.15) is 22.5 Å². The molecule has 0 N–H and O–H groups in total. The summed E-state index contributed by atoms with van der Waals surface area (Å²) in [6.45, 7) is 2.30. The number of hydrogen-bond acceptors (Lipinski definition) is 1. The molecule has 1 aromatic heterocycles. The van der Waals surface area contributed by atoms with Crippen molar-refractivity contribution < 1.29 is 8.78 Å². The Balaban J connectivity index is 3.18. The maximum absolute atomic E-state index is 12.3. The molecule has 0 atom stereocenters. The van der Waals surface area contributed by atoms with Crippen LogP contribution in [0.25, 0.3) is 0 Å². The molecule has 1 rings (SSSR count). The quantitative estimate of drug-likeness (QED) is 0.666. The lowest BCUT2D eigenvalue weighted by atomic mass is 10.1. The van der Waals surface area contributed by atoms with Crippen LogP contribution in [0, 0.1) is 13.8 Å². The van der Waals surface area contributed by atoms with Gasteiger partial charge in [-0.15, -0.1) is 0 Å². The third-order valence-corrected chi connectivity index (χ3v) is 1.90. The minimum atomic E-state index is -0.577. The van der Waals surface area contributed by atoms with Crippen molar-refractivity contribution in [2.75, 3.05) is 0 Å². The largest absolute Gasteiger partial charge is 0.258 e. The van der Waals surface area contributed by atoms with E-state index in [4.69, 9.17) is 0 Å². The summed E-state index contributed by atoms with van der Waals surface area (Å²) < 4.78 is 24.5. The number of halogens is 2. The summed E-state index contributed by atoms with van der Waals surface area (Å²) in [5.74, 6) is 0. The Labute approximate surface area is 70.4 Å². The molecule has 1 nitrogen and oxygen atoms in total. The summed E-state index contributed by atoms with van der Waals surface area (Å²) in [5.41, 5.74) is 2.25. The first-order valence-electron chi connectivity index (χ1n) is 3.77. The van der Waals surface area contributed by atoms with Gasteiger partial charge in [0.15, 0.2) is 0 Å². The lowest BCUT2D eigenvalue weighted by Crippen LogP contribution is -1.97. The first-order chi connectivity index (χ1) is 5.69. The van der Waals surface area contributed by atoms with E-state index >= 15 is 0 Å². The fraction of sp³-hybridized carbons (Fsp3) is 0.444. The number of hydrogen-bond donors (Lipinski definition) is 0. The van der Waals surface area contributed by atoms with Gasteiger partial charge < -0.3 is 0 Å². The van der Waals surface area contributed by atoms with E-state index in [9.17, 15) is 8.78 Å². The molecule has 0 aliphatic carbocycles. The minimum Gasteiger partial charge on any atom is -0.258 e. The molecule has 0 bridgehead atoms. The Morgan fingerprint density at radius 3 is 1.83 bits per heavy atom. The molecule has 0 spiro atoms. The fourth-order valence-corrected chi connectivity index (χ4v) is 1.08. The van der Waals surface area contributed by atoms with E-state index in [1.165, 1.54) is 6.07 Å². The molecule has 0 fully saturated rings. The molecule has 0 aliphatic rings. The van der Waals surface area contributed by atoms with Crippen molar-refractivity contribution in [2.45, 2.75) is 27.2 Å². The molecule has 12 heavy (non-hydrogen) atoms. The van der Waals surface area contributed by atoms with Crippen LogP contribution in [0.5, 0.6) is 0 Å². The standard InChI is InChI=1S/C9H11F2N/c1-6-8(4-10)3-9(5-11)7(2)12-6/h3H,4-5H2,1-2H3. The minimum absolute atomic E-state index is 0.480. The topological polar surface area (TPSA) is 12.9 Å². The van der Waals surface area contributed by atoms with Gasteiger partial charge in [-0.3, -0.25) is 4.98 Å². The van der Waals surface area contributed by atoms with Crippen molar-refractivity contribution in [1.82, 2.24) is 4.98 Å². The van der Waals surface area contributed by atoms with Crippen molar-refractivity contribution in [3.05, 3.63) is 28.6 Å². The lowest BCUT2D eigenvalue weighted by molar-refractivity contribution is 0.470. The second-order valence-corrected chi connectivity index (χ2v) is 2.74. The first kappa shape index (κ1) is 9.10. The Morgan fingerprint density at radius 1 is 1.08 bits per heavy atom. The molecule has 1 aromatic rings. The van der Waals surface area contributed by atoms with E-state index in [-0.39, 0.29) is 0 Å². The molecular weight excluding hydrogens is 160 g/mol. The zero-order valence-electron chi connectivity index (χ0n) is 7.19. The monoisotopic (exact) mass is 171 g/mol. The smallest absolute Gasteiger partial charge is 0.116 e. The van der Waals surface area contributed by atoms with Crippen molar-refractivity contribution in [2.24, 2.45) is 0 Å². The molecule has 0 saturated carbocycles. The van der Waals surface area contributed by atoms with Gasteiger partial charge >= 0.3 is 0 Å². The van der Waals surface area contributed by atoms with Crippen molar-refractivity contribution in [1.29, 1.82) is 0 Å². The van der Waals surface area contributed by atoms with Gasteiger partial charge in [-0.1, -0.05) is 0 Å². The molecule has 0 aliphatic heterocycles. The predicted octanol–water partition coefficient (Wildman–Crippen LogP) is 2.64. The van der Waals surface area contributed by atoms with Crippen LogP contribution in [-0.2, 0) is 13.3 Å². The lowest BCUT2D eigenvalue weighted by Gasteiger charge is -2.05. The zero-order chi connectivity index (χ0) is 9.14. The second kappa shape index (κ2) is 3.61. The molecule has 0 aromatic carbocycles. The maximum Gasteiger partial charge on any atom is 0.116 e. The Morgan fingerprint density at radius 2 is 1.50 bits per heavy atom. The van der Waals surface area contributed by atoms with Crippen molar-refractivity contribution in [3.8, 4) is 0 Å². The average Bonchev–Trinajstić information content (AvgIpc) is 2.05. The Hall–Kier alpha value is -0.990. The van der Waals surface area contributed by atoms with Crippen LogP contribution in [-0.4, -0.2) is 4.98 Å². The second-order valence-electron chi connectivity index (χ2n) is 2.74. The zero-order valence-corrected chi connectivity index (χ0v) is 7.19. The predicted molar refractivity (Wildman–Crippen MR) is 43.3 cm³/mol. The van der Waals surface area contributed by atoms with E-state index in [1.807, 2.05) is 0 Å². The number of aromatic nitrogens is 1. The number of aryl methyl sites for hydroxylation is 2. The van der Waals surface area contributed by atoms with E-state index in [0.717, 1.165) is 0 Å². The summed E-state index contributed by atoms with van der Waals surface area (Å²) in [7, 11) is 0. The van der Waals surface area contributed by atoms with Crippen LogP contribution in [0.2, 0.25) is 0 Å². The first-order valence-corrected chi connectivity index (χ1v) is 3.77. The third kappa shape index (κ3) is 1.60. The Kier molecular flexibility index (Phi) is 2.74. The summed E-state index contributed by atoms with van der Waals surface area (Å²) in [6.07, 6.45) is 0. The van der Waals surface area contributed by atoms with Gasteiger partial charge in [-0.25, -0.2) is 8.78 Å². The van der Waals surface area contributed by atoms with Crippen LogP contribution >= 0.6 is 0 Å². The molecular formula is C9H11F2N. The van der Waals surface area contributed by atoms with Gasteiger partial charge in [0.1, 0.15) is 13.3 Å². The van der Waals surface area contributed by atoms with E-state index in [2.05, 4.69) is 4.98 Å². The van der Waals surface area contributed by atoms with Gasteiger partial charge in [-0.2, -0.15) is 0 Å². The number of alkyl halides is 2. The highest BCUT2D eigenvalue weighted by Crippen LogP contribution is 2.14. The summed E-state index contributed by atoms with van der Waals surface area (Å²) >= 11 is 0. The highest BCUT2D eigenvalue weighted by atomic mass is 19.1. The molecule has 0 saturated heterocycles. The summed E-state index contributed by atoms with van der Waals surface area (Å²) in [4.78, 5) is 4.04. The van der Waals surface area contributed by atoms with Gasteiger partial charge in [-0.05, 0) is 19.9 Å². The molecule has 66 valence electrons. The number of rotatable bonds is 2. The van der Waals surface area contributed by atoms with Crippen molar-refractivity contribution >= 4 is 0 Å². The molecule has 1 heterocycles. The highest BCUT2D eigenvalue weighted by molar-refractivity contribution is 5.28. The van der Waals surface area contributed by atoms with Crippen LogP contribution < -0.4 is 0 Å².